The number of hydrogen-bond donors (Lipinski definition) is 0. The van der Waals surface area contributed by atoms with Crippen LogP contribution in [-0.4, -0.2) is 13.1 Å². The Hall–Kier alpha value is -3.05. The lowest BCUT2D eigenvalue weighted by Crippen LogP contribution is -2.19. The highest BCUT2D eigenvalue weighted by atomic mass is 15.1. The van der Waals surface area contributed by atoms with Crippen molar-refractivity contribution in [2.45, 2.75) is 19.3 Å². The molecule has 2 heteroatoms. The SMILES string of the molecule is N#Cc1c(N2CCCC2)cc(-c2ccccc2)c2c1Cc1ccccc1-2. The van der Waals surface area contributed by atoms with Gasteiger partial charge in [0, 0.05) is 19.5 Å². The average molecular weight is 336 g/mol. The van der Waals surface area contributed by atoms with Crippen LogP contribution in [0.5, 0.6) is 0 Å². The molecule has 1 saturated heterocycles. The molecular weight excluding hydrogens is 316 g/mol. The standard InChI is InChI=1S/C24H20N2/c25-16-22-21-14-18-10-4-5-11-19(18)24(21)20(17-8-2-1-3-9-17)15-23(22)26-12-6-7-13-26/h1-5,8-11,15H,6-7,12-14H2. The molecule has 126 valence electrons. The Kier molecular flexibility index (Phi) is 3.53. The summed E-state index contributed by atoms with van der Waals surface area (Å²) in [5, 5.41) is 10.0. The molecule has 0 radical (unpaired) electrons. The topological polar surface area (TPSA) is 27.0 Å². The summed E-state index contributed by atoms with van der Waals surface area (Å²) in [6, 6.07) is 24.0. The van der Waals surface area contributed by atoms with E-state index in [2.05, 4.69) is 71.6 Å². The zero-order valence-electron chi connectivity index (χ0n) is 14.7. The second kappa shape index (κ2) is 6.04. The van der Waals surface area contributed by atoms with Crippen molar-refractivity contribution in [3.8, 4) is 28.3 Å². The summed E-state index contributed by atoms with van der Waals surface area (Å²) < 4.78 is 0. The van der Waals surface area contributed by atoms with E-state index in [1.54, 1.807) is 0 Å². The molecule has 1 heterocycles. The van der Waals surface area contributed by atoms with Gasteiger partial charge in [-0.15, -0.1) is 0 Å². The maximum absolute atomic E-state index is 10.0. The zero-order valence-corrected chi connectivity index (χ0v) is 14.7. The molecule has 0 spiro atoms. The Morgan fingerprint density at radius 3 is 2.35 bits per heavy atom. The second-order valence-electron chi connectivity index (χ2n) is 7.18. The number of fused-ring (bicyclic) bond motifs is 3. The monoisotopic (exact) mass is 336 g/mol. The van der Waals surface area contributed by atoms with Crippen LogP contribution in [0.25, 0.3) is 22.3 Å². The lowest BCUT2D eigenvalue weighted by atomic mass is 9.90. The zero-order chi connectivity index (χ0) is 17.5. The third-order valence-corrected chi connectivity index (χ3v) is 5.71. The molecule has 0 saturated carbocycles. The summed E-state index contributed by atoms with van der Waals surface area (Å²) in [5.41, 5.74) is 9.55. The minimum absolute atomic E-state index is 0.857. The molecule has 1 aliphatic heterocycles. The molecule has 0 unspecified atom stereocenters. The highest BCUT2D eigenvalue weighted by Crippen LogP contribution is 2.47. The molecule has 0 atom stereocenters. The third kappa shape index (κ3) is 2.24. The van der Waals surface area contributed by atoms with Crippen molar-refractivity contribution in [2.75, 3.05) is 18.0 Å². The van der Waals surface area contributed by atoms with Crippen molar-refractivity contribution >= 4 is 5.69 Å². The quantitative estimate of drug-likeness (QED) is 0.490. The molecule has 2 nitrogen and oxygen atoms in total. The predicted octanol–water partition coefficient (Wildman–Crippen LogP) is 5.40. The number of anilines is 1. The second-order valence-corrected chi connectivity index (χ2v) is 7.18. The van der Waals surface area contributed by atoms with Crippen molar-refractivity contribution in [1.82, 2.24) is 0 Å². The number of nitrogens with zero attached hydrogens (tertiary/aromatic N) is 2. The summed E-state index contributed by atoms with van der Waals surface area (Å²) in [4.78, 5) is 2.40. The van der Waals surface area contributed by atoms with Gasteiger partial charge in [-0.3, -0.25) is 0 Å². The van der Waals surface area contributed by atoms with Crippen LogP contribution in [-0.2, 0) is 6.42 Å². The molecule has 0 N–H and O–H groups in total. The average Bonchev–Trinajstić information content (AvgIpc) is 3.35. The molecular formula is C24H20N2. The first-order chi connectivity index (χ1) is 12.9. The molecule has 3 aromatic rings. The number of rotatable bonds is 2. The van der Waals surface area contributed by atoms with Gasteiger partial charge in [0.25, 0.3) is 0 Å². The van der Waals surface area contributed by atoms with E-state index in [-0.39, 0.29) is 0 Å². The van der Waals surface area contributed by atoms with E-state index in [4.69, 9.17) is 0 Å². The van der Waals surface area contributed by atoms with E-state index in [0.717, 1.165) is 30.8 Å². The van der Waals surface area contributed by atoms with Crippen LogP contribution in [0.15, 0.2) is 60.7 Å². The van der Waals surface area contributed by atoms with E-state index < -0.39 is 0 Å². The molecule has 26 heavy (non-hydrogen) atoms. The van der Waals surface area contributed by atoms with Crippen molar-refractivity contribution in [1.29, 1.82) is 5.26 Å². The van der Waals surface area contributed by atoms with E-state index in [9.17, 15) is 5.26 Å². The third-order valence-electron chi connectivity index (χ3n) is 5.71. The van der Waals surface area contributed by atoms with Crippen LogP contribution < -0.4 is 4.90 Å². The summed E-state index contributed by atoms with van der Waals surface area (Å²) in [6.07, 6.45) is 3.28. The molecule has 0 bridgehead atoms. The van der Waals surface area contributed by atoms with Gasteiger partial charge in [-0.25, -0.2) is 0 Å². The summed E-state index contributed by atoms with van der Waals surface area (Å²) in [7, 11) is 0. The van der Waals surface area contributed by atoms with Crippen LogP contribution in [0.1, 0.15) is 29.5 Å². The van der Waals surface area contributed by atoms with Crippen LogP contribution >= 0.6 is 0 Å². The normalized spacial score (nSPS) is 14.8. The van der Waals surface area contributed by atoms with Gasteiger partial charge >= 0.3 is 0 Å². The van der Waals surface area contributed by atoms with E-state index in [1.165, 1.54) is 46.2 Å². The molecule has 1 aliphatic carbocycles. The van der Waals surface area contributed by atoms with E-state index in [0.29, 0.717) is 0 Å². The van der Waals surface area contributed by atoms with Crippen LogP contribution in [0.3, 0.4) is 0 Å². The highest BCUT2D eigenvalue weighted by molar-refractivity contribution is 5.95. The Bertz CT molecular complexity index is 1020. The van der Waals surface area contributed by atoms with Gasteiger partial charge in [-0.2, -0.15) is 5.26 Å². The van der Waals surface area contributed by atoms with Crippen LogP contribution in [0, 0.1) is 11.3 Å². The van der Waals surface area contributed by atoms with Crippen LogP contribution in [0.2, 0.25) is 0 Å². The first-order valence-electron chi connectivity index (χ1n) is 9.35. The number of benzene rings is 3. The Balaban J connectivity index is 1.83. The Labute approximate surface area is 154 Å². The predicted molar refractivity (Wildman–Crippen MR) is 106 cm³/mol. The van der Waals surface area contributed by atoms with Crippen LogP contribution in [0.4, 0.5) is 5.69 Å². The van der Waals surface area contributed by atoms with Crippen molar-refractivity contribution in [3.05, 3.63) is 77.4 Å². The maximum atomic E-state index is 10.0. The largest absolute Gasteiger partial charge is 0.370 e. The fourth-order valence-electron chi connectivity index (χ4n) is 4.49. The van der Waals surface area contributed by atoms with Gasteiger partial charge in [0.05, 0.1) is 11.3 Å². The minimum atomic E-state index is 0.857. The Morgan fingerprint density at radius 2 is 1.58 bits per heavy atom. The summed E-state index contributed by atoms with van der Waals surface area (Å²) in [5.74, 6) is 0. The van der Waals surface area contributed by atoms with E-state index in [1.807, 2.05) is 0 Å². The maximum Gasteiger partial charge on any atom is 0.102 e. The van der Waals surface area contributed by atoms with Gasteiger partial charge in [-0.1, -0.05) is 54.6 Å². The first kappa shape index (κ1) is 15.2. The van der Waals surface area contributed by atoms with Crippen molar-refractivity contribution < 1.29 is 0 Å². The van der Waals surface area contributed by atoms with Crippen molar-refractivity contribution in [2.24, 2.45) is 0 Å². The summed E-state index contributed by atoms with van der Waals surface area (Å²) >= 11 is 0. The molecule has 1 fully saturated rings. The fourth-order valence-corrected chi connectivity index (χ4v) is 4.49. The van der Waals surface area contributed by atoms with Gasteiger partial charge < -0.3 is 4.90 Å². The first-order valence-corrected chi connectivity index (χ1v) is 9.35. The lowest BCUT2D eigenvalue weighted by Gasteiger charge is -2.23. The smallest absolute Gasteiger partial charge is 0.102 e. The molecule has 5 rings (SSSR count). The van der Waals surface area contributed by atoms with E-state index >= 15 is 0 Å². The summed E-state index contributed by atoms with van der Waals surface area (Å²) in [6.45, 7) is 2.10. The molecule has 0 amide bonds. The lowest BCUT2D eigenvalue weighted by molar-refractivity contribution is 0.949. The van der Waals surface area contributed by atoms with Gasteiger partial charge in [0.15, 0.2) is 0 Å². The number of hydrogen-bond acceptors (Lipinski definition) is 2. The fraction of sp³-hybridized carbons (Fsp3) is 0.208. The number of nitriles is 1. The Morgan fingerprint density at radius 1 is 0.846 bits per heavy atom. The van der Waals surface area contributed by atoms with Gasteiger partial charge in [0.2, 0.25) is 0 Å². The molecule has 0 aromatic heterocycles. The van der Waals surface area contributed by atoms with Gasteiger partial charge in [0.1, 0.15) is 6.07 Å². The molecule has 3 aromatic carbocycles. The van der Waals surface area contributed by atoms with Crippen molar-refractivity contribution in [3.63, 3.8) is 0 Å². The van der Waals surface area contributed by atoms with Gasteiger partial charge in [-0.05, 0) is 52.3 Å². The minimum Gasteiger partial charge on any atom is -0.370 e. The molecule has 2 aliphatic rings. The highest BCUT2D eigenvalue weighted by Gasteiger charge is 2.29.